The van der Waals surface area contributed by atoms with Crippen LogP contribution in [0, 0.1) is 0 Å². The summed E-state index contributed by atoms with van der Waals surface area (Å²) < 4.78 is 14.0. The van der Waals surface area contributed by atoms with E-state index < -0.39 is 7.82 Å². The van der Waals surface area contributed by atoms with Crippen LogP contribution in [0.4, 0.5) is 0 Å². The molecule has 0 radical (unpaired) electrons. The van der Waals surface area contributed by atoms with E-state index in [0.717, 1.165) is 6.08 Å². The number of rotatable bonds is 5. The summed E-state index contributed by atoms with van der Waals surface area (Å²) in [6.07, 6.45) is 1.01. The number of hydrogen-bond donors (Lipinski definition) is 2. The highest BCUT2D eigenvalue weighted by molar-refractivity contribution is 7.46. The SMILES string of the molecule is C=CC(=O)CCOP(=O)(O)O. The molecule has 0 rings (SSSR count). The molecule has 2 N–H and O–H groups in total. The number of hydrogen-bond acceptors (Lipinski definition) is 3. The maximum absolute atomic E-state index is 10.4. The van der Waals surface area contributed by atoms with Crippen LogP contribution in [0.2, 0.25) is 0 Å². The lowest BCUT2D eigenvalue weighted by Gasteiger charge is -2.01. The molecular weight excluding hydrogens is 171 g/mol. The van der Waals surface area contributed by atoms with Crippen LogP contribution >= 0.6 is 7.82 Å². The molecule has 5 nitrogen and oxygen atoms in total. The topological polar surface area (TPSA) is 83.8 Å². The highest BCUT2D eigenvalue weighted by Crippen LogP contribution is 2.35. The molecule has 6 heteroatoms. The number of phosphoric acid groups is 1. The zero-order valence-corrected chi connectivity index (χ0v) is 6.66. The molecule has 0 unspecified atom stereocenters. The number of allylic oxidation sites excluding steroid dienone is 1. The quantitative estimate of drug-likeness (QED) is 0.467. The maximum Gasteiger partial charge on any atom is 0.469 e. The fraction of sp³-hybridized carbons (Fsp3) is 0.400. The molecule has 0 aromatic rings. The van der Waals surface area contributed by atoms with Gasteiger partial charge in [-0.25, -0.2) is 4.57 Å². The van der Waals surface area contributed by atoms with Gasteiger partial charge in [-0.15, -0.1) is 0 Å². The Bertz CT molecular complexity index is 193. The van der Waals surface area contributed by atoms with Gasteiger partial charge >= 0.3 is 7.82 Å². The molecule has 11 heavy (non-hydrogen) atoms. The zero-order chi connectivity index (χ0) is 8.91. The molecule has 0 saturated heterocycles. The van der Waals surface area contributed by atoms with E-state index in [-0.39, 0.29) is 18.8 Å². The summed E-state index contributed by atoms with van der Waals surface area (Å²) in [4.78, 5) is 26.8. The van der Waals surface area contributed by atoms with E-state index in [9.17, 15) is 9.36 Å². The average molecular weight is 180 g/mol. The van der Waals surface area contributed by atoms with E-state index in [4.69, 9.17) is 9.79 Å². The van der Waals surface area contributed by atoms with Crippen molar-refractivity contribution in [2.75, 3.05) is 6.61 Å². The van der Waals surface area contributed by atoms with E-state index in [1.165, 1.54) is 0 Å². The molecule has 0 aliphatic carbocycles. The highest BCUT2D eigenvalue weighted by atomic mass is 31.2. The third-order valence-corrected chi connectivity index (χ3v) is 1.35. The van der Waals surface area contributed by atoms with Crippen molar-refractivity contribution in [3.05, 3.63) is 12.7 Å². The first-order valence-electron chi connectivity index (χ1n) is 2.81. The summed E-state index contributed by atoms with van der Waals surface area (Å²) in [5, 5.41) is 0. The summed E-state index contributed by atoms with van der Waals surface area (Å²) in [5.74, 6) is -0.307. The van der Waals surface area contributed by atoms with Crippen molar-refractivity contribution in [2.45, 2.75) is 6.42 Å². The van der Waals surface area contributed by atoms with Gasteiger partial charge < -0.3 is 9.79 Å². The van der Waals surface area contributed by atoms with Crippen LogP contribution in [0.3, 0.4) is 0 Å². The Hall–Kier alpha value is -0.480. The fourth-order valence-corrected chi connectivity index (χ4v) is 0.696. The predicted octanol–water partition coefficient (Wildman–Crippen LogP) is 0.241. The molecule has 0 aromatic carbocycles. The van der Waals surface area contributed by atoms with Gasteiger partial charge in [0.1, 0.15) is 0 Å². The van der Waals surface area contributed by atoms with Crippen LogP contribution in [-0.4, -0.2) is 22.2 Å². The van der Waals surface area contributed by atoms with Crippen molar-refractivity contribution in [2.24, 2.45) is 0 Å². The number of ketones is 1. The van der Waals surface area contributed by atoms with Gasteiger partial charge in [-0.1, -0.05) is 6.58 Å². The number of carbonyl (C=O) groups is 1. The van der Waals surface area contributed by atoms with Crippen LogP contribution in [-0.2, 0) is 13.9 Å². The molecule has 0 spiro atoms. The number of phosphoric ester groups is 1. The van der Waals surface area contributed by atoms with E-state index in [2.05, 4.69) is 11.1 Å². The molecule has 0 aromatic heterocycles. The highest BCUT2D eigenvalue weighted by Gasteiger charge is 2.13. The molecule has 0 bridgehead atoms. The lowest BCUT2D eigenvalue weighted by molar-refractivity contribution is -0.115. The minimum atomic E-state index is -4.42. The fourth-order valence-electron chi connectivity index (χ4n) is 0.367. The van der Waals surface area contributed by atoms with Crippen molar-refractivity contribution >= 4 is 13.6 Å². The van der Waals surface area contributed by atoms with Crippen LogP contribution in [0.1, 0.15) is 6.42 Å². The van der Waals surface area contributed by atoms with Gasteiger partial charge in [0.25, 0.3) is 0 Å². The largest absolute Gasteiger partial charge is 0.469 e. The first kappa shape index (κ1) is 10.5. The lowest BCUT2D eigenvalue weighted by atomic mass is 10.3. The van der Waals surface area contributed by atoms with Crippen molar-refractivity contribution < 1.29 is 23.7 Å². The van der Waals surface area contributed by atoms with Gasteiger partial charge in [-0.2, -0.15) is 0 Å². The van der Waals surface area contributed by atoms with Crippen LogP contribution in [0.15, 0.2) is 12.7 Å². The maximum atomic E-state index is 10.4. The minimum Gasteiger partial charge on any atom is -0.303 e. The molecule has 0 aliphatic rings. The smallest absolute Gasteiger partial charge is 0.303 e. The van der Waals surface area contributed by atoms with Crippen LogP contribution in [0.25, 0.3) is 0 Å². The van der Waals surface area contributed by atoms with E-state index in [1.54, 1.807) is 0 Å². The molecular formula is C5H9O5P. The molecule has 0 heterocycles. The van der Waals surface area contributed by atoms with E-state index in [1.807, 2.05) is 0 Å². The minimum absolute atomic E-state index is 0.0609. The molecule has 0 fully saturated rings. The van der Waals surface area contributed by atoms with Gasteiger partial charge in [0, 0.05) is 6.42 Å². The predicted molar refractivity (Wildman–Crippen MR) is 37.8 cm³/mol. The lowest BCUT2D eigenvalue weighted by Crippen LogP contribution is -1.99. The van der Waals surface area contributed by atoms with E-state index >= 15 is 0 Å². The second-order valence-corrected chi connectivity index (χ2v) is 2.98. The number of carbonyl (C=O) groups excluding carboxylic acids is 1. The molecule has 0 atom stereocenters. The summed E-state index contributed by atoms with van der Waals surface area (Å²) in [7, 11) is -4.42. The summed E-state index contributed by atoms with van der Waals surface area (Å²) >= 11 is 0. The third kappa shape index (κ3) is 7.42. The Balaban J connectivity index is 3.51. The van der Waals surface area contributed by atoms with Crippen molar-refractivity contribution in [3.63, 3.8) is 0 Å². The van der Waals surface area contributed by atoms with Gasteiger partial charge in [-0.05, 0) is 6.08 Å². The Morgan fingerprint density at radius 2 is 2.18 bits per heavy atom. The molecule has 64 valence electrons. The standard InChI is InChI=1S/C5H9O5P/c1-2-5(6)3-4-10-11(7,8)9/h2H,1,3-4H2,(H2,7,8,9). The van der Waals surface area contributed by atoms with E-state index in [0.29, 0.717) is 0 Å². The van der Waals surface area contributed by atoms with Gasteiger partial charge in [0.05, 0.1) is 6.61 Å². The Morgan fingerprint density at radius 1 is 1.64 bits per heavy atom. The Morgan fingerprint density at radius 3 is 2.55 bits per heavy atom. The van der Waals surface area contributed by atoms with Gasteiger partial charge in [0.2, 0.25) is 0 Å². The van der Waals surface area contributed by atoms with Crippen LogP contribution < -0.4 is 0 Å². The summed E-state index contributed by atoms with van der Waals surface area (Å²) in [5.41, 5.74) is 0. The Kier molecular flexibility index (Phi) is 4.22. The molecule has 0 amide bonds. The first-order chi connectivity index (χ1) is 4.95. The van der Waals surface area contributed by atoms with Crippen molar-refractivity contribution in [1.29, 1.82) is 0 Å². The van der Waals surface area contributed by atoms with Gasteiger partial charge in [0.15, 0.2) is 5.78 Å². The van der Waals surface area contributed by atoms with Crippen LogP contribution in [0.5, 0.6) is 0 Å². The Labute approximate surface area is 63.9 Å². The monoisotopic (exact) mass is 180 g/mol. The second-order valence-electron chi connectivity index (χ2n) is 1.74. The first-order valence-corrected chi connectivity index (χ1v) is 4.34. The third-order valence-electron chi connectivity index (χ3n) is 0.836. The molecule has 0 saturated carbocycles. The second kappa shape index (κ2) is 4.41. The zero-order valence-electron chi connectivity index (χ0n) is 5.77. The summed E-state index contributed by atoms with van der Waals surface area (Å²) in [6.45, 7) is 2.89. The van der Waals surface area contributed by atoms with Gasteiger partial charge in [-0.3, -0.25) is 9.32 Å². The molecule has 0 aliphatic heterocycles. The van der Waals surface area contributed by atoms with Crippen molar-refractivity contribution in [3.8, 4) is 0 Å². The normalized spacial score (nSPS) is 11.1. The van der Waals surface area contributed by atoms with Crippen molar-refractivity contribution in [1.82, 2.24) is 0 Å². The average Bonchev–Trinajstić information content (AvgIpc) is 1.85. The summed E-state index contributed by atoms with van der Waals surface area (Å²) in [6, 6.07) is 0.